The summed E-state index contributed by atoms with van der Waals surface area (Å²) in [6.45, 7) is 8.35. The highest BCUT2D eigenvalue weighted by atomic mass is 14.7. The van der Waals surface area contributed by atoms with Gasteiger partial charge >= 0.3 is 0 Å². The lowest BCUT2D eigenvalue weighted by atomic mass is 9.99. The molecule has 1 nitrogen and oxygen atoms in total. The van der Waals surface area contributed by atoms with Crippen LogP contribution in [0.15, 0.2) is 24.3 Å². The van der Waals surface area contributed by atoms with E-state index in [0.717, 1.165) is 12.8 Å². The van der Waals surface area contributed by atoms with E-state index in [2.05, 4.69) is 32.6 Å². The number of nitrogens with two attached hydrogens (primary N) is 1. The van der Waals surface area contributed by atoms with Gasteiger partial charge in [0.1, 0.15) is 0 Å². The molecule has 1 aliphatic rings. The van der Waals surface area contributed by atoms with Crippen LogP contribution in [0.3, 0.4) is 0 Å². The first kappa shape index (κ1) is 9.53. The van der Waals surface area contributed by atoms with Crippen LogP contribution in [0.2, 0.25) is 0 Å². The van der Waals surface area contributed by atoms with Crippen LogP contribution >= 0.6 is 0 Å². The standard InChI is InChI=1S/C11H19N/c1-4-5-8(2)6-9(3)10-7-11(10)12/h4-5,8,10-11H,3,6-7,12H2,1-2H3. The van der Waals surface area contributed by atoms with Crippen LogP contribution < -0.4 is 5.73 Å². The van der Waals surface area contributed by atoms with Gasteiger partial charge in [0.05, 0.1) is 0 Å². The van der Waals surface area contributed by atoms with E-state index in [4.69, 9.17) is 5.73 Å². The highest BCUT2D eigenvalue weighted by molar-refractivity contribution is 5.15. The van der Waals surface area contributed by atoms with E-state index in [0.29, 0.717) is 17.9 Å². The number of hydrogen-bond acceptors (Lipinski definition) is 1. The zero-order valence-corrected chi connectivity index (χ0v) is 8.09. The molecule has 0 saturated heterocycles. The number of allylic oxidation sites excluding steroid dienone is 2. The third kappa shape index (κ3) is 2.49. The summed E-state index contributed by atoms with van der Waals surface area (Å²) in [5.74, 6) is 1.24. The molecule has 68 valence electrons. The van der Waals surface area contributed by atoms with Gasteiger partial charge in [-0.3, -0.25) is 0 Å². The van der Waals surface area contributed by atoms with Gasteiger partial charge in [0.2, 0.25) is 0 Å². The minimum atomic E-state index is 0.412. The average molecular weight is 165 g/mol. The summed E-state index contributed by atoms with van der Waals surface area (Å²) in [5, 5.41) is 0. The summed E-state index contributed by atoms with van der Waals surface area (Å²) >= 11 is 0. The van der Waals surface area contributed by atoms with Crippen molar-refractivity contribution >= 4 is 0 Å². The summed E-state index contributed by atoms with van der Waals surface area (Å²) in [7, 11) is 0. The molecule has 0 aromatic rings. The van der Waals surface area contributed by atoms with Crippen LogP contribution in [0.1, 0.15) is 26.7 Å². The third-order valence-electron chi connectivity index (χ3n) is 2.47. The van der Waals surface area contributed by atoms with Crippen molar-refractivity contribution < 1.29 is 0 Å². The van der Waals surface area contributed by atoms with Crippen molar-refractivity contribution in [2.45, 2.75) is 32.7 Å². The molecule has 1 heteroatoms. The molecule has 1 aliphatic carbocycles. The Kier molecular flexibility index (Phi) is 3.10. The zero-order chi connectivity index (χ0) is 9.14. The fourth-order valence-corrected chi connectivity index (χ4v) is 1.65. The summed E-state index contributed by atoms with van der Waals surface area (Å²) in [5.41, 5.74) is 7.08. The topological polar surface area (TPSA) is 26.0 Å². The lowest BCUT2D eigenvalue weighted by molar-refractivity contribution is 0.679. The molecule has 0 aromatic carbocycles. The van der Waals surface area contributed by atoms with Crippen LogP contribution in [0.5, 0.6) is 0 Å². The fourth-order valence-electron chi connectivity index (χ4n) is 1.65. The summed E-state index contributed by atoms with van der Waals surface area (Å²) < 4.78 is 0. The molecule has 3 unspecified atom stereocenters. The molecule has 1 fully saturated rings. The Morgan fingerprint density at radius 1 is 1.75 bits per heavy atom. The molecule has 1 rings (SSSR count). The van der Waals surface area contributed by atoms with Crippen LogP contribution in [0, 0.1) is 11.8 Å². The largest absolute Gasteiger partial charge is 0.327 e. The van der Waals surface area contributed by atoms with E-state index in [9.17, 15) is 0 Å². The van der Waals surface area contributed by atoms with Crippen molar-refractivity contribution in [1.82, 2.24) is 0 Å². The summed E-state index contributed by atoms with van der Waals surface area (Å²) in [4.78, 5) is 0. The second kappa shape index (κ2) is 3.90. The van der Waals surface area contributed by atoms with Crippen LogP contribution in [0.25, 0.3) is 0 Å². The van der Waals surface area contributed by atoms with Crippen LogP contribution in [-0.4, -0.2) is 6.04 Å². The van der Waals surface area contributed by atoms with Crippen molar-refractivity contribution in [3.8, 4) is 0 Å². The first-order valence-electron chi connectivity index (χ1n) is 4.71. The maximum absolute atomic E-state index is 5.74. The number of hydrogen-bond donors (Lipinski definition) is 1. The molecule has 0 spiro atoms. The lowest BCUT2D eigenvalue weighted by Gasteiger charge is -2.07. The molecule has 0 bridgehead atoms. The molecule has 0 radical (unpaired) electrons. The minimum absolute atomic E-state index is 0.412. The normalized spacial score (nSPS) is 30.6. The Bertz CT molecular complexity index is 193. The van der Waals surface area contributed by atoms with Gasteiger partial charge in [-0.15, -0.1) is 0 Å². The molecule has 12 heavy (non-hydrogen) atoms. The highest BCUT2D eigenvalue weighted by Gasteiger charge is 2.35. The van der Waals surface area contributed by atoms with E-state index < -0.39 is 0 Å². The van der Waals surface area contributed by atoms with E-state index in [1.165, 1.54) is 5.57 Å². The first-order chi connectivity index (χ1) is 5.65. The van der Waals surface area contributed by atoms with Gasteiger partial charge in [0.25, 0.3) is 0 Å². The maximum atomic E-state index is 5.74. The van der Waals surface area contributed by atoms with E-state index in [-0.39, 0.29) is 0 Å². The van der Waals surface area contributed by atoms with Crippen LogP contribution in [0.4, 0.5) is 0 Å². The Labute approximate surface area is 75.3 Å². The Morgan fingerprint density at radius 2 is 2.33 bits per heavy atom. The van der Waals surface area contributed by atoms with Crippen molar-refractivity contribution in [3.63, 3.8) is 0 Å². The first-order valence-corrected chi connectivity index (χ1v) is 4.71. The van der Waals surface area contributed by atoms with Crippen molar-refractivity contribution in [2.24, 2.45) is 17.6 Å². The quantitative estimate of drug-likeness (QED) is 0.636. The fraction of sp³-hybridized carbons (Fsp3) is 0.636. The number of rotatable bonds is 4. The molecule has 2 N–H and O–H groups in total. The molecule has 0 aliphatic heterocycles. The van der Waals surface area contributed by atoms with Gasteiger partial charge in [-0.1, -0.05) is 31.2 Å². The van der Waals surface area contributed by atoms with Crippen molar-refractivity contribution in [1.29, 1.82) is 0 Å². The smallest absolute Gasteiger partial charge is 0.0111 e. The Morgan fingerprint density at radius 3 is 2.75 bits per heavy atom. The van der Waals surface area contributed by atoms with Crippen LogP contribution in [-0.2, 0) is 0 Å². The molecule has 0 aromatic heterocycles. The van der Waals surface area contributed by atoms with Gasteiger partial charge < -0.3 is 5.73 Å². The van der Waals surface area contributed by atoms with Crippen molar-refractivity contribution in [3.05, 3.63) is 24.3 Å². The SMILES string of the molecule is C=C(CC(C)C=CC)C1CC1N. The minimum Gasteiger partial charge on any atom is -0.327 e. The van der Waals surface area contributed by atoms with Gasteiger partial charge in [0, 0.05) is 6.04 Å². The lowest BCUT2D eigenvalue weighted by Crippen LogP contribution is -2.04. The second-order valence-corrected chi connectivity index (χ2v) is 3.87. The predicted molar refractivity (Wildman–Crippen MR) is 53.8 cm³/mol. The maximum Gasteiger partial charge on any atom is 0.0111 e. The second-order valence-electron chi connectivity index (χ2n) is 3.87. The summed E-state index contributed by atoms with van der Waals surface area (Å²) in [6, 6.07) is 0.412. The zero-order valence-electron chi connectivity index (χ0n) is 8.09. The van der Waals surface area contributed by atoms with Gasteiger partial charge in [-0.2, -0.15) is 0 Å². The van der Waals surface area contributed by atoms with E-state index >= 15 is 0 Å². The molecular weight excluding hydrogens is 146 g/mol. The van der Waals surface area contributed by atoms with E-state index in [1.807, 2.05) is 0 Å². The third-order valence-corrected chi connectivity index (χ3v) is 2.47. The molecule has 3 atom stereocenters. The Hall–Kier alpha value is -0.560. The summed E-state index contributed by atoms with van der Waals surface area (Å²) in [6.07, 6.45) is 6.58. The highest BCUT2D eigenvalue weighted by Crippen LogP contribution is 2.37. The molecule has 1 saturated carbocycles. The molecule has 0 amide bonds. The van der Waals surface area contributed by atoms with Gasteiger partial charge in [0.15, 0.2) is 0 Å². The molecule has 0 heterocycles. The predicted octanol–water partition coefficient (Wildman–Crippen LogP) is 2.49. The Balaban J connectivity index is 2.26. The van der Waals surface area contributed by atoms with Gasteiger partial charge in [-0.25, -0.2) is 0 Å². The van der Waals surface area contributed by atoms with Crippen molar-refractivity contribution in [2.75, 3.05) is 0 Å². The molecular formula is C11H19N. The van der Waals surface area contributed by atoms with E-state index in [1.54, 1.807) is 0 Å². The monoisotopic (exact) mass is 165 g/mol. The average Bonchev–Trinajstić information content (AvgIpc) is 2.67. The van der Waals surface area contributed by atoms with Gasteiger partial charge in [-0.05, 0) is 31.6 Å².